The Balaban J connectivity index is 1.79. The van der Waals surface area contributed by atoms with Gasteiger partial charge in [-0.15, -0.1) is 0 Å². The van der Waals surface area contributed by atoms with Gasteiger partial charge in [-0.3, -0.25) is 25.2 Å². The first-order valence-electron chi connectivity index (χ1n) is 9.27. The van der Waals surface area contributed by atoms with Crippen molar-refractivity contribution in [2.75, 3.05) is 13.7 Å². The number of hydrazine groups is 1. The van der Waals surface area contributed by atoms with Gasteiger partial charge in [0.25, 0.3) is 11.8 Å². The zero-order chi connectivity index (χ0) is 22.1. The molecule has 0 saturated heterocycles. The molecule has 2 rings (SSSR count). The number of ether oxygens (including phenoxy) is 2. The van der Waals surface area contributed by atoms with Crippen molar-refractivity contribution in [3.63, 3.8) is 0 Å². The first kappa shape index (κ1) is 23.0. The molecule has 30 heavy (non-hydrogen) atoms. The van der Waals surface area contributed by atoms with Crippen molar-refractivity contribution in [2.24, 2.45) is 0 Å². The van der Waals surface area contributed by atoms with E-state index in [4.69, 9.17) is 21.1 Å². The number of carbonyl (C=O) groups excluding carboxylic acids is 3. The molecule has 0 spiro atoms. The molecule has 0 bridgehead atoms. The highest BCUT2D eigenvalue weighted by atomic mass is 35.5. The molecule has 0 unspecified atom stereocenters. The topological polar surface area (TPSA) is 106 Å². The third-order valence-electron chi connectivity index (χ3n) is 3.85. The lowest BCUT2D eigenvalue weighted by molar-refractivity contribution is -0.121. The number of benzene rings is 2. The molecule has 2 aromatic rings. The van der Waals surface area contributed by atoms with Gasteiger partial charge in [-0.05, 0) is 56.3 Å². The molecule has 0 atom stereocenters. The van der Waals surface area contributed by atoms with Crippen LogP contribution in [0.4, 0.5) is 0 Å². The minimum atomic E-state index is -0.511. The summed E-state index contributed by atoms with van der Waals surface area (Å²) in [5.74, 6) is -0.356. The van der Waals surface area contributed by atoms with Crippen molar-refractivity contribution < 1.29 is 23.9 Å². The second kappa shape index (κ2) is 11.1. The first-order chi connectivity index (χ1) is 14.3. The van der Waals surface area contributed by atoms with Crippen LogP contribution in [0.3, 0.4) is 0 Å². The van der Waals surface area contributed by atoms with E-state index in [0.717, 1.165) is 0 Å². The highest BCUT2D eigenvalue weighted by molar-refractivity contribution is 6.30. The van der Waals surface area contributed by atoms with Gasteiger partial charge >= 0.3 is 0 Å². The average Bonchev–Trinajstić information content (AvgIpc) is 2.72. The van der Waals surface area contributed by atoms with Crippen molar-refractivity contribution in [3.8, 4) is 11.5 Å². The van der Waals surface area contributed by atoms with Gasteiger partial charge in [0.1, 0.15) is 0 Å². The average molecular weight is 434 g/mol. The van der Waals surface area contributed by atoms with Gasteiger partial charge in [-0.1, -0.05) is 11.6 Å². The van der Waals surface area contributed by atoms with Crippen LogP contribution in [0.1, 0.15) is 41.0 Å². The van der Waals surface area contributed by atoms with E-state index in [0.29, 0.717) is 27.6 Å². The van der Waals surface area contributed by atoms with E-state index in [9.17, 15) is 14.4 Å². The number of halogens is 1. The molecular weight excluding hydrogens is 410 g/mol. The molecule has 2 aromatic carbocycles. The van der Waals surface area contributed by atoms with Gasteiger partial charge in [0.2, 0.25) is 5.91 Å². The summed E-state index contributed by atoms with van der Waals surface area (Å²) in [6.07, 6.45) is -0.0533. The zero-order valence-electron chi connectivity index (χ0n) is 17.0. The summed E-state index contributed by atoms with van der Waals surface area (Å²) in [7, 11) is 1.48. The third kappa shape index (κ3) is 6.97. The Bertz CT molecular complexity index is 900. The fraction of sp³-hybridized carbons (Fsp3) is 0.286. The van der Waals surface area contributed by atoms with Crippen LogP contribution in [-0.4, -0.2) is 37.5 Å². The minimum Gasteiger partial charge on any atom is -0.493 e. The van der Waals surface area contributed by atoms with Crippen molar-refractivity contribution >= 4 is 29.3 Å². The molecule has 0 saturated carbocycles. The number of carbonyl (C=O) groups is 3. The van der Waals surface area contributed by atoms with Crippen LogP contribution in [-0.2, 0) is 4.79 Å². The van der Waals surface area contributed by atoms with Gasteiger partial charge < -0.3 is 14.8 Å². The molecule has 0 aliphatic heterocycles. The van der Waals surface area contributed by atoms with Crippen molar-refractivity contribution in [1.82, 2.24) is 16.2 Å². The molecule has 0 aromatic heterocycles. The van der Waals surface area contributed by atoms with E-state index in [1.807, 2.05) is 13.8 Å². The van der Waals surface area contributed by atoms with E-state index < -0.39 is 11.8 Å². The van der Waals surface area contributed by atoms with Gasteiger partial charge in [-0.2, -0.15) is 0 Å². The summed E-state index contributed by atoms with van der Waals surface area (Å²) in [5, 5.41) is 3.15. The Labute approximate surface area is 179 Å². The minimum absolute atomic E-state index is 0.00982. The molecule has 0 heterocycles. The van der Waals surface area contributed by atoms with Crippen molar-refractivity contribution in [2.45, 2.75) is 26.4 Å². The third-order valence-corrected chi connectivity index (χ3v) is 4.10. The Morgan fingerprint density at radius 3 is 2.23 bits per heavy atom. The maximum Gasteiger partial charge on any atom is 0.269 e. The lowest BCUT2D eigenvalue weighted by Gasteiger charge is -2.14. The molecule has 160 valence electrons. The predicted molar refractivity (Wildman–Crippen MR) is 113 cm³/mol. The van der Waals surface area contributed by atoms with Crippen LogP contribution in [0.5, 0.6) is 11.5 Å². The first-order valence-corrected chi connectivity index (χ1v) is 9.65. The number of nitrogens with one attached hydrogen (secondary N) is 3. The number of amides is 3. The van der Waals surface area contributed by atoms with E-state index in [1.54, 1.807) is 36.4 Å². The maximum absolute atomic E-state index is 12.2. The van der Waals surface area contributed by atoms with Crippen LogP contribution >= 0.6 is 11.6 Å². The molecule has 0 aliphatic carbocycles. The SMILES string of the molecule is COc1cc(C(=O)NNC(=O)CCNC(=O)c2ccc(Cl)cc2)ccc1OC(C)C. The summed E-state index contributed by atoms with van der Waals surface area (Å²) in [6.45, 7) is 3.87. The summed E-state index contributed by atoms with van der Waals surface area (Å²) in [5.41, 5.74) is 5.36. The van der Waals surface area contributed by atoms with Crippen LogP contribution in [0.25, 0.3) is 0 Å². The number of hydrogen-bond donors (Lipinski definition) is 3. The van der Waals surface area contributed by atoms with Crippen LogP contribution in [0.15, 0.2) is 42.5 Å². The lowest BCUT2D eigenvalue weighted by atomic mass is 10.2. The smallest absolute Gasteiger partial charge is 0.269 e. The van der Waals surface area contributed by atoms with E-state index in [2.05, 4.69) is 16.2 Å². The number of hydrogen-bond acceptors (Lipinski definition) is 5. The Hall–Kier alpha value is -3.26. The fourth-order valence-corrected chi connectivity index (χ4v) is 2.54. The quantitative estimate of drug-likeness (QED) is 0.555. The molecule has 0 fully saturated rings. The van der Waals surface area contributed by atoms with Gasteiger partial charge in [0.15, 0.2) is 11.5 Å². The monoisotopic (exact) mass is 433 g/mol. The van der Waals surface area contributed by atoms with Crippen LogP contribution in [0.2, 0.25) is 5.02 Å². The molecule has 0 aliphatic rings. The van der Waals surface area contributed by atoms with Crippen LogP contribution < -0.4 is 25.6 Å². The normalized spacial score (nSPS) is 10.3. The van der Waals surface area contributed by atoms with Crippen molar-refractivity contribution in [3.05, 3.63) is 58.6 Å². The highest BCUT2D eigenvalue weighted by Gasteiger charge is 2.13. The van der Waals surface area contributed by atoms with E-state index in [-0.39, 0.29) is 25.0 Å². The molecule has 3 N–H and O–H groups in total. The number of rotatable bonds is 8. The Kier molecular flexibility index (Phi) is 8.49. The van der Waals surface area contributed by atoms with Crippen molar-refractivity contribution in [1.29, 1.82) is 0 Å². The number of methoxy groups -OCH3 is 1. The van der Waals surface area contributed by atoms with E-state index in [1.165, 1.54) is 13.2 Å². The Morgan fingerprint density at radius 1 is 0.933 bits per heavy atom. The fourth-order valence-electron chi connectivity index (χ4n) is 2.41. The summed E-state index contributed by atoms with van der Waals surface area (Å²) >= 11 is 5.78. The second-order valence-electron chi connectivity index (χ2n) is 6.55. The standard InChI is InChI=1S/C21H24ClN3O5/c1-13(2)30-17-9-6-15(12-18(17)29-3)21(28)25-24-19(26)10-11-23-20(27)14-4-7-16(22)8-5-14/h4-9,12-13H,10-11H2,1-3H3,(H,23,27)(H,24,26)(H,25,28). The molecule has 0 radical (unpaired) electrons. The van der Waals surface area contributed by atoms with Gasteiger partial charge in [0, 0.05) is 29.1 Å². The largest absolute Gasteiger partial charge is 0.493 e. The summed E-state index contributed by atoms with van der Waals surface area (Å²) in [4.78, 5) is 36.1. The predicted octanol–water partition coefficient (Wildman–Crippen LogP) is 2.72. The van der Waals surface area contributed by atoms with Gasteiger partial charge in [0.05, 0.1) is 13.2 Å². The summed E-state index contributed by atoms with van der Waals surface area (Å²) < 4.78 is 10.8. The molecule has 8 nitrogen and oxygen atoms in total. The highest BCUT2D eigenvalue weighted by Crippen LogP contribution is 2.28. The Morgan fingerprint density at radius 2 is 1.60 bits per heavy atom. The maximum atomic E-state index is 12.2. The second-order valence-corrected chi connectivity index (χ2v) is 6.98. The molecular formula is C21H24ClN3O5. The van der Waals surface area contributed by atoms with Gasteiger partial charge in [-0.25, -0.2) is 0 Å². The summed E-state index contributed by atoms with van der Waals surface area (Å²) in [6, 6.07) is 11.1. The zero-order valence-corrected chi connectivity index (χ0v) is 17.7. The molecule has 9 heteroatoms. The van der Waals surface area contributed by atoms with Crippen LogP contribution in [0, 0.1) is 0 Å². The molecule has 3 amide bonds. The van der Waals surface area contributed by atoms with E-state index >= 15 is 0 Å². The lowest BCUT2D eigenvalue weighted by Crippen LogP contribution is -2.42.